The second kappa shape index (κ2) is 11.0. The minimum atomic E-state index is 0.0514. The summed E-state index contributed by atoms with van der Waals surface area (Å²) in [6.45, 7) is 9.30. The quantitative estimate of drug-likeness (QED) is 0.669. The van der Waals surface area contributed by atoms with Gasteiger partial charge in [0, 0.05) is 11.1 Å². The van der Waals surface area contributed by atoms with E-state index < -0.39 is 0 Å². The van der Waals surface area contributed by atoms with Crippen LogP contribution in [0.25, 0.3) is 0 Å². The SMILES string of the molecule is COc1ccc(C[NH+]2CCN(C(=O)c3ccc(OCCC(C)C)c(OC)c3)CC2)cc1. The molecule has 1 saturated heterocycles. The highest BCUT2D eigenvalue weighted by Gasteiger charge is 2.25. The van der Waals surface area contributed by atoms with Gasteiger partial charge in [0.05, 0.1) is 47.0 Å². The van der Waals surface area contributed by atoms with Gasteiger partial charge in [-0.25, -0.2) is 0 Å². The fraction of sp³-hybridized carbons (Fsp3) is 0.480. The zero-order valence-electron chi connectivity index (χ0n) is 19.1. The van der Waals surface area contributed by atoms with Gasteiger partial charge in [-0.15, -0.1) is 0 Å². The van der Waals surface area contributed by atoms with Crippen molar-refractivity contribution in [1.29, 1.82) is 0 Å². The molecule has 1 fully saturated rings. The summed E-state index contributed by atoms with van der Waals surface area (Å²) in [7, 11) is 3.29. The number of hydrogen-bond acceptors (Lipinski definition) is 4. The fourth-order valence-corrected chi connectivity index (χ4v) is 3.74. The topological polar surface area (TPSA) is 52.4 Å². The number of benzene rings is 2. The summed E-state index contributed by atoms with van der Waals surface area (Å²) in [5, 5.41) is 0. The van der Waals surface area contributed by atoms with Gasteiger partial charge in [-0.3, -0.25) is 4.79 Å². The Labute approximate surface area is 185 Å². The lowest BCUT2D eigenvalue weighted by Crippen LogP contribution is -3.13. The molecule has 0 aromatic heterocycles. The van der Waals surface area contributed by atoms with Crippen LogP contribution in [0.5, 0.6) is 17.2 Å². The monoisotopic (exact) mass is 427 g/mol. The number of nitrogens with zero attached hydrogens (tertiary/aromatic N) is 1. The molecule has 2 aromatic rings. The van der Waals surface area contributed by atoms with Gasteiger partial charge in [0.25, 0.3) is 5.91 Å². The third-order valence-electron chi connectivity index (χ3n) is 5.73. The fourth-order valence-electron chi connectivity index (χ4n) is 3.74. The van der Waals surface area contributed by atoms with Crippen LogP contribution in [0.2, 0.25) is 0 Å². The molecule has 0 unspecified atom stereocenters. The highest BCUT2D eigenvalue weighted by molar-refractivity contribution is 5.95. The number of piperazine rings is 1. The van der Waals surface area contributed by atoms with Crippen molar-refractivity contribution < 1.29 is 23.9 Å². The molecule has 1 aliphatic heterocycles. The van der Waals surface area contributed by atoms with Crippen LogP contribution in [0.3, 0.4) is 0 Å². The van der Waals surface area contributed by atoms with E-state index >= 15 is 0 Å². The van der Waals surface area contributed by atoms with Gasteiger partial charge < -0.3 is 24.0 Å². The largest absolute Gasteiger partial charge is 0.497 e. The average molecular weight is 428 g/mol. The van der Waals surface area contributed by atoms with Crippen LogP contribution in [-0.4, -0.2) is 57.8 Å². The number of hydrogen-bond donors (Lipinski definition) is 1. The Kier molecular flexibility index (Phi) is 8.18. The third kappa shape index (κ3) is 6.37. The van der Waals surface area contributed by atoms with Gasteiger partial charge in [0.2, 0.25) is 0 Å². The van der Waals surface area contributed by atoms with E-state index in [0.29, 0.717) is 29.6 Å². The first-order valence-corrected chi connectivity index (χ1v) is 11.1. The zero-order chi connectivity index (χ0) is 22.2. The summed E-state index contributed by atoms with van der Waals surface area (Å²) < 4.78 is 16.5. The maximum Gasteiger partial charge on any atom is 0.254 e. The predicted molar refractivity (Wildman–Crippen MR) is 121 cm³/mol. The summed E-state index contributed by atoms with van der Waals surface area (Å²) in [5.74, 6) is 2.81. The Morgan fingerprint density at radius 1 is 1.00 bits per heavy atom. The van der Waals surface area contributed by atoms with E-state index in [1.54, 1.807) is 20.3 Å². The number of carbonyl (C=O) groups is 1. The summed E-state index contributed by atoms with van der Waals surface area (Å²) >= 11 is 0. The molecule has 3 rings (SSSR count). The van der Waals surface area contributed by atoms with Crippen molar-refractivity contribution in [2.45, 2.75) is 26.8 Å². The van der Waals surface area contributed by atoms with Crippen molar-refractivity contribution in [2.24, 2.45) is 5.92 Å². The highest BCUT2D eigenvalue weighted by Crippen LogP contribution is 2.29. The Balaban J connectivity index is 1.54. The minimum Gasteiger partial charge on any atom is -0.497 e. The molecule has 6 nitrogen and oxygen atoms in total. The van der Waals surface area contributed by atoms with Crippen LogP contribution < -0.4 is 19.1 Å². The molecule has 2 aromatic carbocycles. The van der Waals surface area contributed by atoms with Crippen LogP contribution in [0.1, 0.15) is 36.2 Å². The third-order valence-corrected chi connectivity index (χ3v) is 5.73. The van der Waals surface area contributed by atoms with Crippen LogP contribution in [0.4, 0.5) is 0 Å². The van der Waals surface area contributed by atoms with Crippen molar-refractivity contribution >= 4 is 5.91 Å². The molecule has 0 bridgehead atoms. The standard InChI is InChI=1S/C25H34N2O4/c1-19(2)11-16-31-23-10-7-21(17-24(23)30-4)25(28)27-14-12-26(13-15-27)18-20-5-8-22(29-3)9-6-20/h5-10,17,19H,11-16,18H2,1-4H3/p+1. The smallest absolute Gasteiger partial charge is 0.254 e. The lowest BCUT2D eigenvalue weighted by atomic mass is 10.1. The van der Waals surface area contributed by atoms with Crippen LogP contribution >= 0.6 is 0 Å². The normalized spacial score (nSPS) is 14.5. The first-order chi connectivity index (χ1) is 15.0. The highest BCUT2D eigenvalue weighted by atomic mass is 16.5. The van der Waals surface area contributed by atoms with E-state index in [1.807, 2.05) is 29.2 Å². The maximum absolute atomic E-state index is 13.0. The zero-order valence-corrected chi connectivity index (χ0v) is 19.1. The maximum atomic E-state index is 13.0. The van der Waals surface area contributed by atoms with Crippen LogP contribution in [0, 0.1) is 5.92 Å². The second-order valence-electron chi connectivity index (χ2n) is 8.46. The summed E-state index contributed by atoms with van der Waals surface area (Å²) in [5.41, 5.74) is 1.93. The molecule has 6 heteroatoms. The van der Waals surface area contributed by atoms with Gasteiger partial charge in [-0.2, -0.15) is 0 Å². The van der Waals surface area contributed by atoms with Crippen molar-refractivity contribution in [3.05, 3.63) is 53.6 Å². The molecule has 0 atom stereocenters. The Hall–Kier alpha value is -2.73. The Morgan fingerprint density at radius 2 is 1.71 bits per heavy atom. The molecule has 1 aliphatic rings. The van der Waals surface area contributed by atoms with Crippen molar-refractivity contribution in [1.82, 2.24) is 4.90 Å². The average Bonchev–Trinajstić information content (AvgIpc) is 2.79. The van der Waals surface area contributed by atoms with Crippen molar-refractivity contribution in [2.75, 3.05) is 47.0 Å². The lowest BCUT2D eigenvalue weighted by Gasteiger charge is -2.32. The summed E-state index contributed by atoms with van der Waals surface area (Å²) in [4.78, 5) is 16.4. The lowest BCUT2D eigenvalue weighted by molar-refractivity contribution is -0.917. The van der Waals surface area contributed by atoms with Gasteiger partial charge in [-0.05, 0) is 54.8 Å². The minimum absolute atomic E-state index is 0.0514. The van der Waals surface area contributed by atoms with Gasteiger partial charge >= 0.3 is 0 Å². The number of rotatable bonds is 9. The van der Waals surface area contributed by atoms with Crippen molar-refractivity contribution in [3.63, 3.8) is 0 Å². The molecular weight excluding hydrogens is 392 g/mol. The number of methoxy groups -OCH3 is 2. The number of carbonyl (C=O) groups excluding carboxylic acids is 1. The molecule has 31 heavy (non-hydrogen) atoms. The molecule has 0 spiro atoms. The van der Waals surface area contributed by atoms with Crippen LogP contribution in [0.15, 0.2) is 42.5 Å². The molecule has 0 aliphatic carbocycles. The molecule has 0 saturated carbocycles. The Morgan fingerprint density at radius 3 is 2.32 bits per heavy atom. The molecular formula is C25H35N2O4+. The number of nitrogens with one attached hydrogen (secondary N) is 1. The van der Waals surface area contributed by atoms with E-state index in [1.165, 1.54) is 10.5 Å². The van der Waals surface area contributed by atoms with Gasteiger partial charge in [0.15, 0.2) is 11.5 Å². The summed E-state index contributed by atoms with van der Waals surface area (Å²) in [6.07, 6.45) is 0.979. The molecule has 1 amide bonds. The van der Waals surface area contributed by atoms with E-state index in [-0.39, 0.29) is 5.91 Å². The van der Waals surface area contributed by atoms with E-state index in [9.17, 15) is 4.79 Å². The summed E-state index contributed by atoms with van der Waals surface area (Å²) in [6, 6.07) is 13.7. The second-order valence-corrected chi connectivity index (χ2v) is 8.46. The number of amides is 1. The first-order valence-electron chi connectivity index (χ1n) is 11.1. The molecule has 1 N–H and O–H groups in total. The van der Waals surface area contributed by atoms with E-state index in [0.717, 1.165) is 44.9 Å². The number of ether oxygens (including phenoxy) is 3. The van der Waals surface area contributed by atoms with Crippen molar-refractivity contribution in [3.8, 4) is 17.2 Å². The van der Waals surface area contributed by atoms with E-state index in [2.05, 4.69) is 26.0 Å². The molecule has 1 heterocycles. The predicted octanol–water partition coefficient (Wildman–Crippen LogP) is 2.67. The van der Waals surface area contributed by atoms with Gasteiger partial charge in [0.1, 0.15) is 12.3 Å². The van der Waals surface area contributed by atoms with E-state index in [4.69, 9.17) is 14.2 Å². The van der Waals surface area contributed by atoms with Crippen LogP contribution in [-0.2, 0) is 6.54 Å². The Bertz CT molecular complexity index is 843. The van der Waals surface area contributed by atoms with Gasteiger partial charge in [-0.1, -0.05) is 13.8 Å². The number of quaternary nitrogens is 1. The molecule has 168 valence electrons. The first kappa shape index (κ1) is 22.9. The molecule has 0 radical (unpaired) electrons.